The van der Waals surface area contributed by atoms with Gasteiger partial charge in [0.1, 0.15) is 0 Å². The molecule has 3 nitrogen and oxygen atoms in total. The number of hydrogen-bond donors (Lipinski definition) is 1. The highest BCUT2D eigenvalue weighted by Gasteiger charge is 2.31. The summed E-state index contributed by atoms with van der Waals surface area (Å²) in [6, 6.07) is 1.53. The molecule has 100 valence electrons. The van der Waals surface area contributed by atoms with Gasteiger partial charge in [-0.1, -0.05) is 6.92 Å². The first kappa shape index (κ1) is 13.3. The molecule has 2 aliphatic rings. The van der Waals surface area contributed by atoms with Crippen molar-refractivity contribution in [1.29, 1.82) is 0 Å². The van der Waals surface area contributed by atoms with Crippen molar-refractivity contribution in [3.63, 3.8) is 0 Å². The molecule has 1 N–H and O–H groups in total. The molecule has 1 heterocycles. The summed E-state index contributed by atoms with van der Waals surface area (Å²) in [6.07, 6.45) is 5.66. The Morgan fingerprint density at radius 3 is 2.71 bits per heavy atom. The molecular formula is C14H29N3. The van der Waals surface area contributed by atoms with E-state index in [0.29, 0.717) is 0 Å². The van der Waals surface area contributed by atoms with Crippen molar-refractivity contribution in [3.8, 4) is 0 Å². The van der Waals surface area contributed by atoms with Crippen molar-refractivity contribution in [2.75, 3.05) is 40.3 Å². The molecule has 1 aliphatic carbocycles. The Hall–Kier alpha value is -0.120. The maximum atomic E-state index is 3.49. The molecule has 2 atom stereocenters. The standard InChI is InChI=1S/C14H29N3/c1-4-17-9-5-6-13(17)10-16(3)11-14(15-2)12-7-8-12/h12-15H,4-11H2,1-3H3. The van der Waals surface area contributed by atoms with E-state index in [2.05, 4.69) is 36.1 Å². The summed E-state index contributed by atoms with van der Waals surface area (Å²) in [7, 11) is 4.41. The lowest BCUT2D eigenvalue weighted by atomic mass is 10.1. The van der Waals surface area contributed by atoms with Crippen LogP contribution in [0, 0.1) is 5.92 Å². The molecule has 0 aromatic carbocycles. The summed E-state index contributed by atoms with van der Waals surface area (Å²) in [4.78, 5) is 5.18. The monoisotopic (exact) mass is 239 g/mol. The lowest BCUT2D eigenvalue weighted by molar-refractivity contribution is 0.186. The van der Waals surface area contributed by atoms with E-state index in [1.165, 1.54) is 51.9 Å². The van der Waals surface area contributed by atoms with Gasteiger partial charge >= 0.3 is 0 Å². The van der Waals surface area contributed by atoms with Crippen LogP contribution in [0.4, 0.5) is 0 Å². The van der Waals surface area contributed by atoms with Gasteiger partial charge in [-0.3, -0.25) is 4.90 Å². The molecule has 3 heteroatoms. The van der Waals surface area contributed by atoms with Crippen LogP contribution in [-0.2, 0) is 0 Å². The third kappa shape index (κ3) is 3.67. The predicted octanol–water partition coefficient (Wildman–Crippen LogP) is 1.40. The molecule has 0 radical (unpaired) electrons. The van der Waals surface area contributed by atoms with E-state index in [1.54, 1.807) is 0 Å². The van der Waals surface area contributed by atoms with Gasteiger partial charge in [0, 0.05) is 25.2 Å². The molecule has 1 saturated carbocycles. The fraction of sp³-hybridized carbons (Fsp3) is 1.00. The zero-order valence-corrected chi connectivity index (χ0v) is 11.8. The van der Waals surface area contributed by atoms with Crippen molar-refractivity contribution in [1.82, 2.24) is 15.1 Å². The largest absolute Gasteiger partial charge is 0.315 e. The van der Waals surface area contributed by atoms with Crippen LogP contribution < -0.4 is 5.32 Å². The summed E-state index contributed by atoms with van der Waals surface area (Å²) in [5, 5.41) is 3.49. The molecule has 0 bridgehead atoms. The van der Waals surface area contributed by atoms with Gasteiger partial charge in [0.2, 0.25) is 0 Å². The van der Waals surface area contributed by atoms with Crippen molar-refractivity contribution in [2.24, 2.45) is 5.92 Å². The first-order chi connectivity index (χ1) is 8.24. The molecule has 2 unspecified atom stereocenters. The Morgan fingerprint density at radius 1 is 1.35 bits per heavy atom. The minimum Gasteiger partial charge on any atom is -0.315 e. The van der Waals surface area contributed by atoms with Gasteiger partial charge in [-0.2, -0.15) is 0 Å². The van der Waals surface area contributed by atoms with Crippen LogP contribution >= 0.6 is 0 Å². The highest BCUT2D eigenvalue weighted by molar-refractivity contribution is 4.88. The molecule has 0 amide bonds. The molecule has 0 aromatic heterocycles. The molecule has 1 saturated heterocycles. The average molecular weight is 239 g/mol. The van der Waals surface area contributed by atoms with Crippen LogP contribution in [0.25, 0.3) is 0 Å². The van der Waals surface area contributed by atoms with E-state index in [4.69, 9.17) is 0 Å². The normalized spacial score (nSPS) is 27.9. The fourth-order valence-electron chi connectivity index (χ4n) is 3.26. The van der Waals surface area contributed by atoms with Gasteiger partial charge in [0.25, 0.3) is 0 Å². The smallest absolute Gasteiger partial charge is 0.0223 e. The minimum atomic E-state index is 0.719. The lowest BCUT2D eigenvalue weighted by Gasteiger charge is -2.30. The first-order valence-electron chi connectivity index (χ1n) is 7.34. The number of likely N-dealkylation sites (tertiary alicyclic amines) is 1. The molecule has 17 heavy (non-hydrogen) atoms. The zero-order valence-electron chi connectivity index (χ0n) is 11.8. The Kier molecular flexibility index (Phi) is 4.83. The van der Waals surface area contributed by atoms with E-state index < -0.39 is 0 Å². The van der Waals surface area contributed by atoms with Crippen LogP contribution in [0.3, 0.4) is 0 Å². The van der Waals surface area contributed by atoms with Crippen molar-refractivity contribution in [2.45, 2.75) is 44.7 Å². The van der Waals surface area contributed by atoms with E-state index in [1.807, 2.05) is 0 Å². The van der Waals surface area contributed by atoms with Crippen LogP contribution in [-0.4, -0.2) is 62.2 Å². The van der Waals surface area contributed by atoms with Crippen molar-refractivity contribution < 1.29 is 0 Å². The Morgan fingerprint density at radius 2 is 2.12 bits per heavy atom. The summed E-state index contributed by atoms with van der Waals surface area (Å²) in [5.74, 6) is 0.952. The van der Waals surface area contributed by atoms with Gasteiger partial charge < -0.3 is 10.2 Å². The number of nitrogens with one attached hydrogen (secondary N) is 1. The number of nitrogens with zero attached hydrogens (tertiary/aromatic N) is 2. The maximum absolute atomic E-state index is 3.49. The maximum Gasteiger partial charge on any atom is 0.0223 e. The van der Waals surface area contributed by atoms with E-state index >= 15 is 0 Å². The highest BCUT2D eigenvalue weighted by atomic mass is 15.2. The second-order valence-corrected chi connectivity index (χ2v) is 5.88. The topological polar surface area (TPSA) is 18.5 Å². The second-order valence-electron chi connectivity index (χ2n) is 5.88. The average Bonchev–Trinajstić information content (AvgIpc) is 3.07. The van der Waals surface area contributed by atoms with Crippen LogP contribution in [0.5, 0.6) is 0 Å². The zero-order chi connectivity index (χ0) is 12.3. The van der Waals surface area contributed by atoms with Gasteiger partial charge in [0.05, 0.1) is 0 Å². The van der Waals surface area contributed by atoms with E-state index in [0.717, 1.165) is 18.0 Å². The third-order valence-electron chi connectivity index (χ3n) is 4.50. The summed E-state index contributed by atoms with van der Waals surface area (Å²) < 4.78 is 0. The number of rotatable bonds is 7. The summed E-state index contributed by atoms with van der Waals surface area (Å²) in [5.41, 5.74) is 0. The fourth-order valence-corrected chi connectivity index (χ4v) is 3.26. The van der Waals surface area contributed by atoms with Gasteiger partial charge in [0.15, 0.2) is 0 Å². The van der Waals surface area contributed by atoms with Crippen LogP contribution in [0.2, 0.25) is 0 Å². The molecular weight excluding hydrogens is 210 g/mol. The number of hydrogen-bond acceptors (Lipinski definition) is 3. The Bertz CT molecular complexity index is 228. The highest BCUT2D eigenvalue weighted by Crippen LogP contribution is 2.32. The first-order valence-corrected chi connectivity index (χ1v) is 7.34. The molecule has 0 spiro atoms. The third-order valence-corrected chi connectivity index (χ3v) is 4.50. The summed E-state index contributed by atoms with van der Waals surface area (Å²) >= 11 is 0. The number of likely N-dealkylation sites (N-methyl/N-ethyl adjacent to an activating group) is 3. The Labute approximate surface area is 107 Å². The minimum absolute atomic E-state index is 0.719. The van der Waals surface area contributed by atoms with E-state index in [9.17, 15) is 0 Å². The molecule has 2 rings (SSSR count). The van der Waals surface area contributed by atoms with Crippen molar-refractivity contribution >= 4 is 0 Å². The van der Waals surface area contributed by atoms with Crippen molar-refractivity contribution in [3.05, 3.63) is 0 Å². The molecule has 1 aliphatic heterocycles. The van der Waals surface area contributed by atoms with Crippen LogP contribution in [0.1, 0.15) is 32.6 Å². The predicted molar refractivity (Wildman–Crippen MR) is 73.3 cm³/mol. The molecule has 2 fully saturated rings. The van der Waals surface area contributed by atoms with Crippen LogP contribution in [0.15, 0.2) is 0 Å². The van der Waals surface area contributed by atoms with E-state index in [-0.39, 0.29) is 0 Å². The van der Waals surface area contributed by atoms with Gasteiger partial charge in [-0.15, -0.1) is 0 Å². The lowest BCUT2D eigenvalue weighted by Crippen LogP contribution is -2.44. The SMILES string of the molecule is CCN1CCCC1CN(C)CC(NC)C1CC1. The Balaban J connectivity index is 1.73. The molecule has 0 aromatic rings. The van der Waals surface area contributed by atoms with Gasteiger partial charge in [-0.05, 0) is 58.8 Å². The summed E-state index contributed by atoms with van der Waals surface area (Å²) in [6.45, 7) is 7.29. The second kappa shape index (κ2) is 6.17. The van der Waals surface area contributed by atoms with Gasteiger partial charge in [-0.25, -0.2) is 0 Å². The quantitative estimate of drug-likeness (QED) is 0.724.